The Kier molecular flexibility index (Phi) is 7.13. The maximum absolute atomic E-state index is 11.3. The highest BCUT2D eigenvalue weighted by atomic mass is 32.2. The van der Waals surface area contributed by atoms with Gasteiger partial charge in [0.2, 0.25) is 0 Å². The average molecular weight is 237 g/mol. The molecule has 0 bridgehead atoms. The second-order valence-electron chi connectivity index (χ2n) is 4.09. The molecule has 0 saturated carbocycles. The minimum atomic E-state index is -2.88. The fraction of sp³-hybridized carbons (Fsp3) is 1.00. The maximum Gasteiger partial charge on any atom is 0.151 e. The van der Waals surface area contributed by atoms with E-state index in [4.69, 9.17) is 5.11 Å². The quantitative estimate of drug-likeness (QED) is 0.647. The van der Waals surface area contributed by atoms with Crippen LogP contribution in [0.1, 0.15) is 33.6 Å². The average Bonchev–Trinajstić information content (AvgIpc) is 2.01. The van der Waals surface area contributed by atoms with Crippen LogP contribution in [0.5, 0.6) is 0 Å². The Morgan fingerprint density at radius 3 is 2.33 bits per heavy atom. The van der Waals surface area contributed by atoms with Crippen molar-refractivity contribution in [1.82, 2.24) is 5.32 Å². The molecule has 0 radical (unpaired) electrons. The Morgan fingerprint density at radius 2 is 1.87 bits per heavy atom. The third-order valence-electron chi connectivity index (χ3n) is 2.12. The van der Waals surface area contributed by atoms with E-state index in [2.05, 4.69) is 5.32 Å². The van der Waals surface area contributed by atoms with Gasteiger partial charge in [0, 0.05) is 18.3 Å². The second kappa shape index (κ2) is 7.19. The van der Waals surface area contributed by atoms with E-state index in [0.717, 1.165) is 0 Å². The maximum atomic E-state index is 11.3. The van der Waals surface area contributed by atoms with Crippen LogP contribution in [0.3, 0.4) is 0 Å². The fourth-order valence-electron chi connectivity index (χ4n) is 1.47. The van der Waals surface area contributed by atoms with Crippen LogP contribution < -0.4 is 5.32 Å². The van der Waals surface area contributed by atoms with E-state index in [1.165, 1.54) is 0 Å². The number of hydrogen-bond donors (Lipinski definition) is 2. The third kappa shape index (κ3) is 8.84. The summed E-state index contributed by atoms with van der Waals surface area (Å²) in [6.45, 7) is 6.00. The lowest BCUT2D eigenvalue weighted by Crippen LogP contribution is -2.33. The molecule has 2 atom stereocenters. The molecule has 5 heteroatoms. The van der Waals surface area contributed by atoms with Gasteiger partial charge in [-0.05, 0) is 26.7 Å². The molecule has 0 heterocycles. The summed E-state index contributed by atoms with van der Waals surface area (Å²) in [6.07, 6.45) is 0.971. The van der Waals surface area contributed by atoms with Gasteiger partial charge in [-0.2, -0.15) is 0 Å². The zero-order valence-corrected chi connectivity index (χ0v) is 10.7. The highest BCUT2D eigenvalue weighted by Gasteiger charge is 2.10. The first-order valence-corrected chi connectivity index (χ1v) is 7.31. The van der Waals surface area contributed by atoms with Gasteiger partial charge >= 0.3 is 0 Å². The number of nitrogens with one attached hydrogen (secondary N) is 1. The Bertz CT molecular complexity index is 249. The molecule has 0 amide bonds. The summed E-state index contributed by atoms with van der Waals surface area (Å²) >= 11 is 0. The van der Waals surface area contributed by atoms with Crippen molar-refractivity contribution in [3.63, 3.8) is 0 Å². The summed E-state index contributed by atoms with van der Waals surface area (Å²) < 4.78 is 22.7. The molecule has 0 saturated heterocycles. The van der Waals surface area contributed by atoms with Crippen LogP contribution in [0.15, 0.2) is 0 Å². The van der Waals surface area contributed by atoms with Gasteiger partial charge in [-0.15, -0.1) is 0 Å². The number of aliphatic hydroxyl groups excluding tert-OH is 1. The summed E-state index contributed by atoms with van der Waals surface area (Å²) in [5.74, 6) is 0.449. The fourth-order valence-corrected chi connectivity index (χ4v) is 2.72. The van der Waals surface area contributed by atoms with Gasteiger partial charge in [0.25, 0.3) is 0 Å². The molecule has 0 aromatic rings. The lowest BCUT2D eigenvalue weighted by Gasteiger charge is -2.15. The lowest BCUT2D eigenvalue weighted by atomic mass is 10.1. The first-order valence-electron chi connectivity index (χ1n) is 5.49. The topological polar surface area (TPSA) is 66.4 Å². The van der Waals surface area contributed by atoms with Crippen molar-refractivity contribution in [3.05, 3.63) is 0 Å². The van der Waals surface area contributed by atoms with E-state index in [1.54, 1.807) is 6.92 Å². The second-order valence-corrected chi connectivity index (χ2v) is 6.40. The highest BCUT2D eigenvalue weighted by Crippen LogP contribution is 1.97. The Hall–Kier alpha value is -0.130. The van der Waals surface area contributed by atoms with E-state index >= 15 is 0 Å². The van der Waals surface area contributed by atoms with Crippen molar-refractivity contribution in [1.29, 1.82) is 0 Å². The molecule has 0 aliphatic rings. The Balaban J connectivity index is 3.70. The molecule has 0 aromatic carbocycles. The monoisotopic (exact) mass is 237 g/mol. The molecule has 92 valence electrons. The van der Waals surface area contributed by atoms with E-state index in [0.29, 0.717) is 19.4 Å². The summed E-state index contributed by atoms with van der Waals surface area (Å²) in [4.78, 5) is 0. The highest BCUT2D eigenvalue weighted by molar-refractivity contribution is 7.91. The zero-order chi connectivity index (χ0) is 11.9. The lowest BCUT2D eigenvalue weighted by molar-refractivity contribution is 0.171. The minimum Gasteiger partial charge on any atom is -0.393 e. The Morgan fingerprint density at radius 1 is 1.27 bits per heavy atom. The van der Waals surface area contributed by atoms with Crippen molar-refractivity contribution >= 4 is 9.84 Å². The smallest absolute Gasteiger partial charge is 0.151 e. The van der Waals surface area contributed by atoms with Gasteiger partial charge < -0.3 is 10.4 Å². The SMILES string of the molecule is CCCS(=O)(=O)CCNC(C)CC(C)O. The first kappa shape index (κ1) is 14.9. The molecule has 2 unspecified atom stereocenters. The molecule has 0 spiro atoms. The molecule has 0 aromatic heterocycles. The van der Waals surface area contributed by atoms with E-state index < -0.39 is 9.84 Å². The van der Waals surface area contributed by atoms with Crippen LogP contribution >= 0.6 is 0 Å². The van der Waals surface area contributed by atoms with Gasteiger partial charge in [-0.25, -0.2) is 8.42 Å². The predicted molar refractivity (Wildman–Crippen MR) is 62.7 cm³/mol. The molecule has 4 nitrogen and oxygen atoms in total. The van der Waals surface area contributed by atoms with Crippen molar-refractivity contribution in [2.45, 2.75) is 45.8 Å². The zero-order valence-electron chi connectivity index (χ0n) is 9.86. The van der Waals surface area contributed by atoms with Crippen LogP contribution in [0.2, 0.25) is 0 Å². The van der Waals surface area contributed by atoms with Gasteiger partial charge in [0.05, 0.1) is 11.9 Å². The normalized spacial score (nSPS) is 16.3. The third-order valence-corrected chi connectivity index (χ3v) is 3.97. The van der Waals surface area contributed by atoms with E-state index in [9.17, 15) is 8.42 Å². The van der Waals surface area contributed by atoms with Crippen molar-refractivity contribution < 1.29 is 13.5 Å². The summed E-state index contributed by atoms with van der Waals surface area (Å²) in [7, 11) is -2.88. The molecule has 2 N–H and O–H groups in total. The number of rotatable bonds is 8. The standard InChI is InChI=1S/C10H23NO3S/c1-4-6-15(13,14)7-5-11-9(2)8-10(3)12/h9-12H,4-8H2,1-3H3. The van der Waals surface area contributed by atoms with Crippen molar-refractivity contribution in [2.75, 3.05) is 18.1 Å². The van der Waals surface area contributed by atoms with E-state index in [1.807, 2.05) is 13.8 Å². The molecular formula is C10H23NO3S. The molecule has 0 aliphatic carbocycles. The number of hydrogen-bond acceptors (Lipinski definition) is 4. The largest absolute Gasteiger partial charge is 0.393 e. The molecule has 0 fully saturated rings. The molecule has 15 heavy (non-hydrogen) atoms. The summed E-state index contributed by atoms with van der Waals surface area (Å²) in [5.41, 5.74) is 0. The van der Waals surface area contributed by atoms with Crippen LogP contribution in [-0.4, -0.2) is 43.7 Å². The minimum absolute atomic E-state index is 0.154. The van der Waals surface area contributed by atoms with Crippen LogP contribution in [-0.2, 0) is 9.84 Å². The van der Waals surface area contributed by atoms with Gasteiger partial charge in [-0.3, -0.25) is 0 Å². The Labute approximate surface area is 93.0 Å². The summed E-state index contributed by atoms with van der Waals surface area (Å²) in [5, 5.41) is 12.2. The summed E-state index contributed by atoms with van der Waals surface area (Å²) in [6, 6.07) is 0.154. The van der Waals surface area contributed by atoms with Gasteiger partial charge in [-0.1, -0.05) is 6.92 Å². The van der Waals surface area contributed by atoms with Gasteiger partial charge in [0.15, 0.2) is 9.84 Å². The first-order chi connectivity index (χ1) is 6.87. The van der Waals surface area contributed by atoms with Crippen molar-refractivity contribution in [3.8, 4) is 0 Å². The number of aliphatic hydroxyl groups is 1. The van der Waals surface area contributed by atoms with Crippen LogP contribution in [0.4, 0.5) is 0 Å². The molecular weight excluding hydrogens is 214 g/mol. The van der Waals surface area contributed by atoms with E-state index in [-0.39, 0.29) is 23.7 Å². The van der Waals surface area contributed by atoms with Gasteiger partial charge in [0.1, 0.15) is 0 Å². The molecule has 0 aliphatic heterocycles. The van der Waals surface area contributed by atoms with Crippen molar-refractivity contribution in [2.24, 2.45) is 0 Å². The predicted octanol–water partition coefficient (Wildman–Crippen LogP) is 0.560. The van der Waals surface area contributed by atoms with Crippen LogP contribution in [0.25, 0.3) is 0 Å². The number of sulfone groups is 1. The van der Waals surface area contributed by atoms with Crippen LogP contribution in [0, 0.1) is 0 Å². The molecule has 0 rings (SSSR count).